The molecular formula is C14H15N3O2. The minimum Gasteiger partial charge on any atom is -0.459 e. The Bertz CT molecular complexity index is 580. The summed E-state index contributed by atoms with van der Waals surface area (Å²) in [6, 6.07) is 7.33. The number of aromatic nitrogens is 1. The van der Waals surface area contributed by atoms with E-state index in [1.54, 1.807) is 23.2 Å². The number of rotatable bonds is 1. The van der Waals surface area contributed by atoms with Crippen molar-refractivity contribution in [3.05, 3.63) is 48.0 Å². The van der Waals surface area contributed by atoms with Crippen molar-refractivity contribution in [1.82, 2.24) is 9.88 Å². The zero-order chi connectivity index (χ0) is 13.2. The van der Waals surface area contributed by atoms with Crippen LogP contribution in [0.25, 0.3) is 0 Å². The van der Waals surface area contributed by atoms with Crippen molar-refractivity contribution < 1.29 is 9.21 Å². The van der Waals surface area contributed by atoms with Gasteiger partial charge in [-0.3, -0.25) is 4.79 Å². The third-order valence-corrected chi connectivity index (χ3v) is 3.31. The van der Waals surface area contributed by atoms with Crippen LogP contribution in [0.2, 0.25) is 0 Å². The van der Waals surface area contributed by atoms with Crippen LogP contribution in [0.3, 0.4) is 0 Å². The Morgan fingerprint density at radius 3 is 3.00 bits per heavy atom. The monoisotopic (exact) mass is 257 g/mol. The molecule has 0 radical (unpaired) electrons. The number of carbonyl (C=O) groups is 1. The number of hydrogen-bond donors (Lipinski definition) is 0. The SMILES string of the molecule is CN1CCN(C(=O)c2ccco2)Cc2cccnc21. The molecule has 19 heavy (non-hydrogen) atoms. The van der Waals surface area contributed by atoms with E-state index in [1.165, 1.54) is 6.26 Å². The Balaban J connectivity index is 1.89. The third kappa shape index (κ3) is 2.19. The summed E-state index contributed by atoms with van der Waals surface area (Å²) < 4.78 is 5.18. The second-order valence-corrected chi connectivity index (χ2v) is 4.61. The van der Waals surface area contributed by atoms with Crippen LogP contribution in [0, 0.1) is 0 Å². The van der Waals surface area contributed by atoms with Crippen molar-refractivity contribution in [3.8, 4) is 0 Å². The van der Waals surface area contributed by atoms with Crippen LogP contribution in [0.15, 0.2) is 41.1 Å². The number of likely N-dealkylation sites (N-methyl/N-ethyl adjacent to an activating group) is 1. The molecule has 0 atom stereocenters. The van der Waals surface area contributed by atoms with Crippen molar-refractivity contribution in [2.45, 2.75) is 6.54 Å². The average Bonchev–Trinajstić information content (AvgIpc) is 2.91. The molecule has 0 spiro atoms. The van der Waals surface area contributed by atoms with Crippen molar-refractivity contribution >= 4 is 11.7 Å². The molecule has 1 amide bonds. The summed E-state index contributed by atoms with van der Waals surface area (Å²) in [7, 11) is 1.99. The quantitative estimate of drug-likeness (QED) is 0.781. The van der Waals surface area contributed by atoms with E-state index in [2.05, 4.69) is 9.88 Å². The van der Waals surface area contributed by atoms with Gasteiger partial charge in [0.15, 0.2) is 5.76 Å². The van der Waals surface area contributed by atoms with Crippen LogP contribution >= 0.6 is 0 Å². The standard InChI is InChI=1S/C14H15N3O2/c1-16-7-8-17(14(18)12-5-3-9-19-12)10-11-4-2-6-15-13(11)16/h2-6,9H,7-8,10H2,1H3. The van der Waals surface area contributed by atoms with E-state index in [0.717, 1.165) is 17.9 Å². The van der Waals surface area contributed by atoms with Gasteiger partial charge in [0.2, 0.25) is 0 Å². The van der Waals surface area contributed by atoms with E-state index >= 15 is 0 Å². The maximum Gasteiger partial charge on any atom is 0.289 e. The molecule has 0 bridgehead atoms. The predicted octanol–water partition coefficient (Wildman–Crippen LogP) is 1.77. The Morgan fingerprint density at radius 1 is 1.32 bits per heavy atom. The first kappa shape index (κ1) is 11.8. The lowest BCUT2D eigenvalue weighted by Gasteiger charge is -2.19. The number of nitrogens with zero attached hydrogens (tertiary/aromatic N) is 3. The molecule has 98 valence electrons. The molecule has 3 heterocycles. The van der Waals surface area contributed by atoms with E-state index < -0.39 is 0 Å². The summed E-state index contributed by atoms with van der Waals surface area (Å²) in [6.45, 7) is 1.98. The van der Waals surface area contributed by atoms with Crippen LogP contribution in [-0.2, 0) is 6.54 Å². The van der Waals surface area contributed by atoms with Crippen molar-refractivity contribution in [2.75, 3.05) is 25.0 Å². The molecule has 2 aromatic rings. The molecular weight excluding hydrogens is 242 g/mol. The van der Waals surface area contributed by atoms with Crippen molar-refractivity contribution in [2.24, 2.45) is 0 Å². The first-order chi connectivity index (χ1) is 9.25. The van der Waals surface area contributed by atoms with Crippen LogP contribution in [0.4, 0.5) is 5.82 Å². The molecule has 0 unspecified atom stereocenters. The number of fused-ring (bicyclic) bond motifs is 1. The highest BCUT2D eigenvalue weighted by Gasteiger charge is 2.24. The number of carbonyl (C=O) groups excluding carboxylic acids is 1. The lowest BCUT2D eigenvalue weighted by Crippen LogP contribution is -2.34. The number of amides is 1. The van der Waals surface area contributed by atoms with Gasteiger partial charge in [0, 0.05) is 38.4 Å². The Hall–Kier alpha value is -2.30. The van der Waals surface area contributed by atoms with Gasteiger partial charge in [-0.05, 0) is 18.2 Å². The third-order valence-electron chi connectivity index (χ3n) is 3.31. The highest BCUT2D eigenvalue weighted by Crippen LogP contribution is 2.22. The minimum absolute atomic E-state index is 0.0740. The topological polar surface area (TPSA) is 49.6 Å². The summed E-state index contributed by atoms with van der Waals surface area (Å²) in [4.78, 5) is 20.6. The van der Waals surface area contributed by atoms with E-state index in [-0.39, 0.29) is 5.91 Å². The predicted molar refractivity (Wildman–Crippen MR) is 71.0 cm³/mol. The molecule has 1 aliphatic rings. The number of furan rings is 1. The lowest BCUT2D eigenvalue weighted by molar-refractivity contribution is 0.0719. The Morgan fingerprint density at radius 2 is 2.21 bits per heavy atom. The van der Waals surface area contributed by atoms with Gasteiger partial charge in [-0.25, -0.2) is 4.98 Å². The van der Waals surface area contributed by atoms with E-state index in [4.69, 9.17) is 4.42 Å². The van der Waals surface area contributed by atoms with Gasteiger partial charge < -0.3 is 14.2 Å². The smallest absolute Gasteiger partial charge is 0.289 e. The average molecular weight is 257 g/mol. The molecule has 5 nitrogen and oxygen atoms in total. The number of anilines is 1. The second kappa shape index (κ2) is 4.76. The van der Waals surface area contributed by atoms with Gasteiger partial charge in [-0.1, -0.05) is 6.07 Å². The van der Waals surface area contributed by atoms with Crippen LogP contribution in [-0.4, -0.2) is 35.9 Å². The first-order valence-electron chi connectivity index (χ1n) is 6.23. The fourth-order valence-electron chi connectivity index (χ4n) is 2.29. The summed E-state index contributed by atoms with van der Waals surface area (Å²) >= 11 is 0. The molecule has 0 N–H and O–H groups in total. The van der Waals surface area contributed by atoms with E-state index in [0.29, 0.717) is 18.8 Å². The largest absolute Gasteiger partial charge is 0.459 e. The van der Waals surface area contributed by atoms with Gasteiger partial charge >= 0.3 is 0 Å². The minimum atomic E-state index is -0.0740. The summed E-state index contributed by atoms with van der Waals surface area (Å²) in [5, 5.41) is 0. The maximum atomic E-state index is 12.3. The van der Waals surface area contributed by atoms with E-state index in [1.807, 2.05) is 19.2 Å². The summed E-state index contributed by atoms with van der Waals surface area (Å²) in [5.41, 5.74) is 1.06. The molecule has 0 fully saturated rings. The van der Waals surface area contributed by atoms with Gasteiger partial charge in [-0.2, -0.15) is 0 Å². The Kier molecular flexibility index (Phi) is 2.95. The van der Waals surface area contributed by atoms with Gasteiger partial charge in [0.25, 0.3) is 5.91 Å². The molecule has 0 saturated heterocycles. The zero-order valence-corrected chi connectivity index (χ0v) is 10.7. The van der Waals surface area contributed by atoms with Gasteiger partial charge in [0.1, 0.15) is 5.82 Å². The molecule has 5 heteroatoms. The summed E-state index contributed by atoms with van der Waals surface area (Å²) in [6.07, 6.45) is 3.30. The highest BCUT2D eigenvalue weighted by molar-refractivity contribution is 5.91. The number of pyridine rings is 1. The fourth-order valence-corrected chi connectivity index (χ4v) is 2.29. The van der Waals surface area contributed by atoms with E-state index in [9.17, 15) is 4.79 Å². The maximum absolute atomic E-state index is 12.3. The molecule has 0 aliphatic carbocycles. The second-order valence-electron chi connectivity index (χ2n) is 4.61. The lowest BCUT2D eigenvalue weighted by atomic mass is 10.2. The van der Waals surface area contributed by atoms with Crippen LogP contribution in [0.1, 0.15) is 16.1 Å². The van der Waals surface area contributed by atoms with Crippen LogP contribution in [0.5, 0.6) is 0 Å². The zero-order valence-electron chi connectivity index (χ0n) is 10.7. The number of hydrogen-bond acceptors (Lipinski definition) is 4. The molecule has 3 rings (SSSR count). The van der Waals surface area contributed by atoms with Gasteiger partial charge in [-0.15, -0.1) is 0 Å². The fraction of sp³-hybridized carbons (Fsp3) is 0.286. The molecule has 1 aliphatic heterocycles. The molecule has 0 aromatic carbocycles. The van der Waals surface area contributed by atoms with Gasteiger partial charge in [0.05, 0.1) is 6.26 Å². The van der Waals surface area contributed by atoms with Crippen molar-refractivity contribution in [1.29, 1.82) is 0 Å². The summed E-state index contributed by atoms with van der Waals surface area (Å²) in [5.74, 6) is 1.25. The first-order valence-corrected chi connectivity index (χ1v) is 6.23. The molecule has 2 aromatic heterocycles. The Labute approximate surface area is 111 Å². The highest BCUT2D eigenvalue weighted by atomic mass is 16.3. The van der Waals surface area contributed by atoms with Crippen LogP contribution < -0.4 is 4.90 Å². The van der Waals surface area contributed by atoms with Crippen molar-refractivity contribution in [3.63, 3.8) is 0 Å². The normalized spacial score (nSPS) is 15.0. The molecule has 0 saturated carbocycles.